The predicted molar refractivity (Wildman–Crippen MR) is 61.3 cm³/mol. The fourth-order valence-electron chi connectivity index (χ4n) is 1.35. The number of rotatable bonds is 2. The number of nitrogens with one attached hydrogen (secondary N) is 1. The van der Waals surface area contributed by atoms with Crippen molar-refractivity contribution < 1.29 is 0 Å². The number of nitriles is 2. The first-order valence-electron chi connectivity index (χ1n) is 4.80. The highest BCUT2D eigenvalue weighted by molar-refractivity contribution is 5.50. The summed E-state index contributed by atoms with van der Waals surface area (Å²) >= 11 is 0. The Hall–Kier alpha value is -2.33. The quantitative estimate of drug-likeness (QED) is 0.764. The van der Waals surface area contributed by atoms with Crippen LogP contribution in [0.4, 0.5) is 5.82 Å². The number of hydrogen-bond donors (Lipinski definition) is 1. The van der Waals surface area contributed by atoms with Gasteiger partial charge in [-0.05, 0) is 38.5 Å². The highest BCUT2D eigenvalue weighted by Crippen LogP contribution is 2.12. The SMILES string of the molecule is CC(Nc1cc(C)cc(C)n1)=C(C#N)C#N. The van der Waals surface area contributed by atoms with Crippen molar-refractivity contribution in [1.29, 1.82) is 10.5 Å². The molecule has 16 heavy (non-hydrogen) atoms. The first-order valence-corrected chi connectivity index (χ1v) is 4.80. The average molecular weight is 212 g/mol. The first-order chi connectivity index (χ1) is 7.56. The van der Waals surface area contributed by atoms with Crippen LogP contribution in [-0.4, -0.2) is 4.98 Å². The molecular formula is C12H12N4. The molecule has 0 unspecified atom stereocenters. The Kier molecular flexibility index (Phi) is 3.63. The van der Waals surface area contributed by atoms with Gasteiger partial charge in [-0.1, -0.05) is 0 Å². The van der Waals surface area contributed by atoms with E-state index >= 15 is 0 Å². The minimum Gasteiger partial charge on any atom is -0.342 e. The molecule has 0 aliphatic rings. The molecule has 80 valence electrons. The van der Waals surface area contributed by atoms with Crippen LogP contribution in [0.5, 0.6) is 0 Å². The maximum atomic E-state index is 8.69. The molecule has 0 saturated carbocycles. The Morgan fingerprint density at radius 2 is 1.88 bits per heavy atom. The Bertz CT molecular complexity index is 479. The summed E-state index contributed by atoms with van der Waals surface area (Å²) in [6, 6.07) is 7.48. The van der Waals surface area contributed by atoms with Crippen LogP contribution in [0.15, 0.2) is 23.4 Å². The lowest BCUT2D eigenvalue weighted by Gasteiger charge is -2.07. The minimum absolute atomic E-state index is 0.0703. The second-order valence-corrected chi connectivity index (χ2v) is 3.52. The molecule has 1 rings (SSSR count). The van der Waals surface area contributed by atoms with E-state index in [0.29, 0.717) is 11.5 Å². The van der Waals surface area contributed by atoms with Crippen molar-refractivity contribution in [3.8, 4) is 12.1 Å². The molecule has 1 N–H and O–H groups in total. The minimum atomic E-state index is 0.0703. The fourth-order valence-corrected chi connectivity index (χ4v) is 1.35. The van der Waals surface area contributed by atoms with E-state index < -0.39 is 0 Å². The molecule has 0 radical (unpaired) electrons. The van der Waals surface area contributed by atoms with E-state index in [4.69, 9.17) is 10.5 Å². The fraction of sp³-hybridized carbons (Fsp3) is 0.250. The second-order valence-electron chi connectivity index (χ2n) is 3.52. The third-order valence-corrected chi connectivity index (χ3v) is 2.01. The number of nitrogens with zero attached hydrogens (tertiary/aromatic N) is 3. The second kappa shape index (κ2) is 4.95. The van der Waals surface area contributed by atoms with Gasteiger partial charge in [0.2, 0.25) is 0 Å². The van der Waals surface area contributed by atoms with Gasteiger partial charge in [0.15, 0.2) is 0 Å². The van der Waals surface area contributed by atoms with E-state index in [9.17, 15) is 0 Å². The molecule has 0 atom stereocenters. The van der Waals surface area contributed by atoms with E-state index in [0.717, 1.165) is 11.3 Å². The summed E-state index contributed by atoms with van der Waals surface area (Å²) in [5.41, 5.74) is 2.56. The summed E-state index contributed by atoms with van der Waals surface area (Å²) in [5, 5.41) is 20.3. The van der Waals surface area contributed by atoms with Crippen LogP contribution < -0.4 is 5.32 Å². The van der Waals surface area contributed by atoms with Crippen LogP contribution in [0.1, 0.15) is 18.2 Å². The molecule has 1 aromatic heterocycles. The van der Waals surface area contributed by atoms with Crippen molar-refractivity contribution in [1.82, 2.24) is 4.98 Å². The molecular weight excluding hydrogens is 200 g/mol. The summed E-state index contributed by atoms with van der Waals surface area (Å²) in [7, 11) is 0. The van der Waals surface area contributed by atoms with E-state index in [1.807, 2.05) is 38.1 Å². The van der Waals surface area contributed by atoms with Gasteiger partial charge >= 0.3 is 0 Å². The van der Waals surface area contributed by atoms with Gasteiger partial charge in [0, 0.05) is 11.4 Å². The average Bonchev–Trinajstić information content (AvgIpc) is 2.17. The van der Waals surface area contributed by atoms with Crippen LogP contribution in [0.3, 0.4) is 0 Å². The Labute approximate surface area is 94.9 Å². The van der Waals surface area contributed by atoms with Crippen molar-refractivity contribution in [2.24, 2.45) is 0 Å². The van der Waals surface area contributed by atoms with Gasteiger partial charge in [0.1, 0.15) is 23.5 Å². The number of aryl methyl sites for hydroxylation is 2. The van der Waals surface area contributed by atoms with Crippen molar-refractivity contribution >= 4 is 5.82 Å². The van der Waals surface area contributed by atoms with Gasteiger partial charge in [-0.25, -0.2) is 4.98 Å². The van der Waals surface area contributed by atoms with E-state index in [1.54, 1.807) is 6.92 Å². The number of aromatic nitrogens is 1. The van der Waals surface area contributed by atoms with E-state index in [1.165, 1.54) is 0 Å². The lowest BCUT2D eigenvalue weighted by Crippen LogP contribution is -2.02. The van der Waals surface area contributed by atoms with Gasteiger partial charge < -0.3 is 5.32 Å². The standard InChI is InChI=1S/C12H12N4/c1-8-4-9(2)15-12(5-8)16-10(3)11(6-13)7-14/h4-5H,1-3H3,(H,15,16). The van der Waals surface area contributed by atoms with E-state index in [-0.39, 0.29) is 5.57 Å². The summed E-state index contributed by atoms with van der Waals surface area (Å²) in [4.78, 5) is 4.26. The molecule has 0 bridgehead atoms. The maximum absolute atomic E-state index is 8.69. The monoisotopic (exact) mass is 212 g/mol. The van der Waals surface area contributed by atoms with Crippen LogP contribution in [0.2, 0.25) is 0 Å². The van der Waals surface area contributed by atoms with Crippen LogP contribution >= 0.6 is 0 Å². The molecule has 1 heterocycles. The Balaban J connectivity index is 3.03. The van der Waals surface area contributed by atoms with Crippen LogP contribution in [0.25, 0.3) is 0 Å². The smallest absolute Gasteiger partial charge is 0.148 e. The van der Waals surface area contributed by atoms with Crippen molar-refractivity contribution in [3.05, 3.63) is 34.7 Å². The normalized spacial score (nSPS) is 8.81. The number of allylic oxidation sites excluding steroid dienone is 2. The van der Waals surface area contributed by atoms with Gasteiger partial charge in [-0.15, -0.1) is 0 Å². The van der Waals surface area contributed by atoms with E-state index in [2.05, 4.69) is 10.3 Å². The summed E-state index contributed by atoms with van der Waals surface area (Å²) in [5.74, 6) is 0.651. The molecule has 0 aliphatic carbocycles. The van der Waals surface area contributed by atoms with Crippen LogP contribution in [0, 0.1) is 36.5 Å². The molecule has 4 nitrogen and oxygen atoms in total. The maximum Gasteiger partial charge on any atom is 0.148 e. The highest BCUT2D eigenvalue weighted by atomic mass is 15.0. The molecule has 0 aliphatic heterocycles. The molecule has 0 spiro atoms. The highest BCUT2D eigenvalue weighted by Gasteiger charge is 2.02. The predicted octanol–water partition coefficient (Wildman–Crippen LogP) is 2.43. The first kappa shape index (κ1) is 11.7. The third kappa shape index (κ3) is 2.83. The van der Waals surface area contributed by atoms with Gasteiger partial charge in [0.05, 0.1) is 0 Å². The van der Waals surface area contributed by atoms with Gasteiger partial charge in [-0.3, -0.25) is 0 Å². The Morgan fingerprint density at radius 3 is 2.38 bits per heavy atom. The lowest BCUT2D eigenvalue weighted by atomic mass is 10.2. The van der Waals surface area contributed by atoms with Crippen molar-refractivity contribution in [2.75, 3.05) is 5.32 Å². The molecule has 0 saturated heterocycles. The number of pyridine rings is 1. The Morgan fingerprint density at radius 1 is 1.25 bits per heavy atom. The number of hydrogen-bond acceptors (Lipinski definition) is 4. The zero-order valence-corrected chi connectivity index (χ0v) is 9.50. The lowest BCUT2D eigenvalue weighted by molar-refractivity contribution is 1.15. The molecule has 1 aromatic rings. The zero-order valence-electron chi connectivity index (χ0n) is 9.50. The molecule has 0 aromatic carbocycles. The van der Waals surface area contributed by atoms with Crippen molar-refractivity contribution in [2.45, 2.75) is 20.8 Å². The molecule has 0 fully saturated rings. The molecule has 4 heteroatoms. The molecule has 0 amide bonds. The van der Waals surface area contributed by atoms with Gasteiger partial charge in [-0.2, -0.15) is 10.5 Å². The topological polar surface area (TPSA) is 72.5 Å². The zero-order chi connectivity index (χ0) is 12.1. The van der Waals surface area contributed by atoms with Crippen LogP contribution in [-0.2, 0) is 0 Å². The third-order valence-electron chi connectivity index (χ3n) is 2.01. The summed E-state index contributed by atoms with van der Waals surface area (Å²) in [6.07, 6.45) is 0. The number of anilines is 1. The summed E-state index contributed by atoms with van der Waals surface area (Å²) < 4.78 is 0. The van der Waals surface area contributed by atoms with Crippen molar-refractivity contribution in [3.63, 3.8) is 0 Å². The van der Waals surface area contributed by atoms with Gasteiger partial charge in [0.25, 0.3) is 0 Å². The summed E-state index contributed by atoms with van der Waals surface area (Å²) in [6.45, 7) is 5.54. The largest absolute Gasteiger partial charge is 0.342 e.